The highest BCUT2D eigenvalue weighted by Gasteiger charge is 2.44. The Bertz CT molecular complexity index is 248. The summed E-state index contributed by atoms with van der Waals surface area (Å²) in [5.41, 5.74) is 0. The van der Waals surface area contributed by atoms with E-state index in [1.807, 2.05) is 0 Å². The molecule has 0 bridgehead atoms. The number of hydrogen-bond donors (Lipinski definition) is 1. The standard InChI is InChI=1S/C13H24N2S/c1-16-13(5-6-13)10-15-8-2-7-14-12(9-15)11-3-4-11/h11-12,14H,2-10H2,1H3. The summed E-state index contributed by atoms with van der Waals surface area (Å²) in [4.78, 5) is 2.74. The van der Waals surface area contributed by atoms with Gasteiger partial charge in [-0.1, -0.05) is 0 Å². The summed E-state index contributed by atoms with van der Waals surface area (Å²) in [6.45, 7) is 5.22. The van der Waals surface area contributed by atoms with Gasteiger partial charge in [-0.2, -0.15) is 11.8 Å². The second-order valence-electron chi connectivity index (χ2n) is 5.87. The zero-order chi connectivity index (χ0) is 11.0. The summed E-state index contributed by atoms with van der Waals surface area (Å²) in [6, 6.07) is 0.806. The summed E-state index contributed by atoms with van der Waals surface area (Å²) in [7, 11) is 0. The van der Waals surface area contributed by atoms with E-state index in [1.165, 1.54) is 58.3 Å². The lowest BCUT2D eigenvalue weighted by atomic mass is 10.1. The number of nitrogens with zero attached hydrogens (tertiary/aromatic N) is 1. The Morgan fingerprint density at radius 1 is 1.38 bits per heavy atom. The average Bonchev–Trinajstić information content (AvgIpc) is 3.17. The Hall–Kier alpha value is 0.270. The molecular formula is C13H24N2S. The summed E-state index contributed by atoms with van der Waals surface area (Å²) in [5, 5.41) is 3.75. The van der Waals surface area contributed by atoms with Crippen molar-refractivity contribution in [3.8, 4) is 0 Å². The van der Waals surface area contributed by atoms with Crippen molar-refractivity contribution in [3.05, 3.63) is 0 Å². The Labute approximate surface area is 104 Å². The van der Waals surface area contributed by atoms with Crippen LogP contribution in [0.3, 0.4) is 0 Å². The zero-order valence-electron chi connectivity index (χ0n) is 10.4. The van der Waals surface area contributed by atoms with E-state index in [4.69, 9.17) is 0 Å². The molecule has 3 rings (SSSR count). The summed E-state index contributed by atoms with van der Waals surface area (Å²) >= 11 is 2.10. The minimum Gasteiger partial charge on any atom is -0.312 e. The molecule has 0 spiro atoms. The molecule has 0 radical (unpaired) electrons. The highest BCUT2D eigenvalue weighted by atomic mass is 32.2. The second-order valence-corrected chi connectivity index (χ2v) is 7.15. The van der Waals surface area contributed by atoms with Gasteiger partial charge in [-0.25, -0.2) is 0 Å². The Morgan fingerprint density at radius 2 is 2.19 bits per heavy atom. The van der Waals surface area contributed by atoms with Crippen LogP contribution in [0.2, 0.25) is 0 Å². The smallest absolute Gasteiger partial charge is 0.0285 e. The largest absolute Gasteiger partial charge is 0.312 e. The number of rotatable bonds is 4. The molecule has 1 N–H and O–H groups in total. The van der Waals surface area contributed by atoms with Gasteiger partial charge < -0.3 is 10.2 Å². The Morgan fingerprint density at radius 3 is 2.81 bits per heavy atom. The van der Waals surface area contributed by atoms with Crippen molar-refractivity contribution in [1.82, 2.24) is 10.2 Å². The molecule has 3 heteroatoms. The van der Waals surface area contributed by atoms with Gasteiger partial charge in [0.05, 0.1) is 0 Å². The first-order chi connectivity index (χ1) is 7.81. The molecule has 3 aliphatic rings. The molecule has 3 fully saturated rings. The average molecular weight is 240 g/mol. The molecule has 1 saturated heterocycles. The van der Waals surface area contributed by atoms with Crippen molar-refractivity contribution >= 4 is 11.8 Å². The fraction of sp³-hybridized carbons (Fsp3) is 1.00. The van der Waals surface area contributed by atoms with Gasteiger partial charge in [0.25, 0.3) is 0 Å². The van der Waals surface area contributed by atoms with E-state index in [1.54, 1.807) is 0 Å². The third-order valence-corrected chi connectivity index (χ3v) is 5.86. The van der Waals surface area contributed by atoms with Gasteiger partial charge in [-0.3, -0.25) is 0 Å². The van der Waals surface area contributed by atoms with E-state index < -0.39 is 0 Å². The molecule has 1 atom stereocenters. The molecular weight excluding hydrogens is 216 g/mol. The van der Waals surface area contributed by atoms with Crippen molar-refractivity contribution in [2.45, 2.75) is 42.9 Å². The summed E-state index contributed by atoms with van der Waals surface area (Å²) in [6.07, 6.45) is 9.48. The van der Waals surface area contributed by atoms with E-state index in [9.17, 15) is 0 Å². The minimum absolute atomic E-state index is 0.651. The SMILES string of the molecule is CSC1(CN2CCCNC(C3CC3)C2)CC1. The van der Waals surface area contributed by atoms with Gasteiger partial charge in [0, 0.05) is 23.9 Å². The predicted octanol–water partition coefficient (Wildman–Crippen LogP) is 1.96. The van der Waals surface area contributed by atoms with Crippen LogP contribution in [0.1, 0.15) is 32.1 Å². The molecule has 0 amide bonds. The molecule has 2 nitrogen and oxygen atoms in total. The maximum atomic E-state index is 3.75. The lowest BCUT2D eigenvalue weighted by molar-refractivity contribution is 0.256. The molecule has 2 saturated carbocycles. The van der Waals surface area contributed by atoms with Crippen molar-refractivity contribution in [3.63, 3.8) is 0 Å². The third kappa shape index (κ3) is 2.57. The van der Waals surface area contributed by atoms with Gasteiger partial charge in [-0.15, -0.1) is 0 Å². The van der Waals surface area contributed by atoms with Crippen molar-refractivity contribution in [2.24, 2.45) is 5.92 Å². The fourth-order valence-corrected chi connectivity index (χ4v) is 3.78. The normalized spacial score (nSPS) is 34.7. The van der Waals surface area contributed by atoms with Gasteiger partial charge >= 0.3 is 0 Å². The molecule has 16 heavy (non-hydrogen) atoms. The highest BCUT2D eigenvalue weighted by Crippen LogP contribution is 2.47. The summed E-state index contributed by atoms with van der Waals surface area (Å²) < 4.78 is 0.651. The van der Waals surface area contributed by atoms with Gasteiger partial charge in [-0.05, 0) is 57.4 Å². The first-order valence-electron chi connectivity index (χ1n) is 6.82. The lowest BCUT2D eigenvalue weighted by Crippen LogP contribution is -2.41. The molecule has 2 aliphatic carbocycles. The summed E-state index contributed by atoms with van der Waals surface area (Å²) in [5.74, 6) is 1.00. The zero-order valence-corrected chi connectivity index (χ0v) is 11.2. The third-order valence-electron chi connectivity index (χ3n) is 4.46. The predicted molar refractivity (Wildman–Crippen MR) is 71.1 cm³/mol. The van der Waals surface area contributed by atoms with Crippen LogP contribution in [-0.4, -0.2) is 48.1 Å². The van der Waals surface area contributed by atoms with Crippen LogP contribution in [0, 0.1) is 5.92 Å². The molecule has 92 valence electrons. The number of hydrogen-bond acceptors (Lipinski definition) is 3. The van der Waals surface area contributed by atoms with Crippen LogP contribution in [0.15, 0.2) is 0 Å². The topological polar surface area (TPSA) is 15.3 Å². The van der Waals surface area contributed by atoms with Crippen LogP contribution in [0.4, 0.5) is 0 Å². The Kier molecular flexibility index (Phi) is 3.20. The molecule has 0 aromatic carbocycles. The van der Waals surface area contributed by atoms with Crippen molar-refractivity contribution in [2.75, 3.05) is 32.4 Å². The molecule has 1 heterocycles. The number of nitrogens with one attached hydrogen (secondary N) is 1. The van der Waals surface area contributed by atoms with Crippen molar-refractivity contribution < 1.29 is 0 Å². The van der Waals surface area contributed by atoms with Crippen LogP contribution in [0.5, 0.6) is 0 Å². The van der Waals surface area contributed by atoms with Gasteiger partial charge in [0.15, 0.2) is 0 Å². The van der Waals surface area contributed by atoms with Crippen LogP contribution >= 0.6 is 11.8 Å². The van der Waals surface area contributed by atoms with E-state index in [2.05, 4.69) is 28.2 Å². The van der Waals surface area contributed by atoms with Gasteiger partial charge in [0.2, 0.25) is 0 Å². The molecule has 1 unspecified atom stereocenters. The number of thioether (sulfide) groups is 1. The quantitative estimate of drug-likeness (QED) is 0.809. The van der Waals surface area contributed by atoms with E-state index in [0.29, 0.717) is 4.75 Å². The maximum absolute atomic E-state index is 3.75. The van der Waals surface area contributed by atoms with Gasteiger partial charge in [0.1, 0.15) is 0 Å². The van der Waals surface area contributed by atoms with E-state index >= 15 is 0 Å². The van der Waals surface area contributed by atoms with Crippen molar-refractivity contribution in [1.29, 1.82) is 0 Å². The maximum Gasteiger partial charge on any atom is 0.0285 e. The van der Waals surface area contributed by atoms with Crippen LogP contribution < -0.4 is 5.32 Å². The lowest BCUT2D eigenvalue weighted by Gasteiger charge is -2.27. The Balaban J connectivity index is 1.56. The van der Waals surface area contributed by atoms with Crippen LogP contribution in [0.25, 0.3) is 0 Å². The first-order valence-corrected chi connectivity index (χ1v) is 8.05. The first kappa shape index (κ1) is 11.4. The molecule has 1 aliphatic heterocycles. The minimum atomic E-state index is 0.651. The second kappa shape index (κ2) is 4.51. The highest BCUT2D eigenvalue weighted by molar-refractivity contribution is 8.00. The van der Waals surface area contributed by atoms with Crippen LogP contribution in [-0.2, 0) is 0 Å². The monoisotopic (exact) mass is 240 g/mol. The van der Waals surface area contributed by atoms with E-state index in [0.717, 1.165) is 12.0 Å². The molecule has 0 aromatic heterocycles. The van der Waals surface area contributed by atoms with E-state index in [-0.39, 0.29) is 0 Å². The molecule has 0 aromatic rings. The fourth-order valence-electron chi connectivity index (χ4n) is 2.96.